The highest BCUT2D eigenvalue weighted by Crippen LogP contribution is 2.32. The van der Waals surface area contributed by atoms with E-state index in [-0.39, 0.29) is 0 Å². The molecule has 0 aromatic carbocycles. The average Bonchev–Trinajstić information content (AvgIpc) is 2.41. The molecular weight excluding hydrogens is 182 g/mol. The molecule has 0 aromatic rings. The summed E-state index contributed by atoms with van der Waals surface area (Å²) in [7, 11) is 0. The first-order valence-corrected chi connectivity index (χ1v) is 7.01. The summed E-state index contributed by atoms with van der Waals surface area (Å²) in [6, 6.07) is 1.69. The van der Waals surface area contributed by atoms with Gasteiger partial charge in [0.05, 0.1) is 0 Å². The van der Waals surface area contributed by atoms with Gasteiger partial charge in [-0.15, -0.1) is 0 Å². The second-order valence-electron chi connectivity index (χ2n) is 6.08. The monoisotopic (exact) mass is 209 g/mol. The van der Waals surface area contributed by atoms with Gasteiger partial charge in [-0.3, -0.25) is 0 Å². The molecule has 2 aliphatic rings. The van der Waals surface area contributed by atoms with Gasteiger partial charge in [-0.1, -0.05) is 33.1 Å². The molecule has 88 valence electrons. The molecule has 1 heterocycles. The average molecular weight is 209 g/mol. The van der Waals surface area contributed by atoms with Gasteiger partial charge in [0.15, 0.2) is 0 Å². The van der Waals surface area contributed by atoms with E-state index in [9.17, 15) is 0 Å². The van der Waals surface area contributed by atoms with Crippen LogP contribution in [0.25, 0.3) is 0 Å². The van der Waals surface area contributed by atoms with Gasteiger partial charge in [-0.25, -0.2) is 0 Å². The lowest BCUT2D eigenvalue weighted by molar-refractivity contribution is 0.203. The Morgan fingerprint density at radius 2 is 1.80 bits per heavy atom. The molecule has 2 fully saturated rings. The number of rotatable bonds is 2. The van der Waals surface area contributed by atoms with Crippen LogP contribution in [0, 0.1) is 11.8 Å². The zero-order valence-electron chi connectivity index (χ0n) is 10.5. The van der Waals surface area contributed by atoms with E-state index < -0.39 is 0 Å². The topological polar surface area (TPSA) is 12.0 Å². The SMILES string of the molecule is CC(C)CC1CCC2CCCCCC2N1. The second-order valence-corrected chi connectivity index (χ2v) is 6.08. The van der Waals surface area contributed by atoms with E-state index in [1.807, 2.05) is 0 Å². The van der Waals surface area contributed by atoms with Crippen molar-refractivity contribution < 1.29 is 0 Å². The molecule has 1 nitrogen and oxygen atoms in total. The second kappa shape index (κ2) is 5.34. The van der Waals surface area contributed by atoms with Crippen molar-refractivity contribution in [1.29, 1.82) is 0 Å². The minimum Gasteiger partial charge on any atom is -0.311 e. The van der Waals surface area contributed by atoms with Crippen molar-refractivity contribution in [2.24, 2.45) is 11.8 Å². The van der Waals surface area contributed by atoms with Crippen molar-refractivity contribution >= 4 is 0 Å². The highest BCUT2D eigenvalue weighted by atomic mass is 15.0. The zero-order valence-corrected chi connectivity index (χ0v) is 10.5. The Labute approximate surface area is 95.0 Å². The first-order valence-electron chi connectivity index (χ1n) is 7.01. The van der Waals surface area contributed by atoms with Gasteiger partial charge < -0.3 is 5.32 Å². The Bertz CT molecular complexity index is 188. The Hall–Kier alpha value is -0.0400. The summed E-state index contributed by atoms with van der Waals surface area (Å²) < 4.78 is 0. The normalized spacial score (nSPS) is 37.4. The molecule has 1 saturated carbocycles. The van der Waals surface area contributed by atoms with Crippen molar-refractivity contribution in [1.82, 2.24) is 5.32 Å². The fraction of sp³-hybridized carbons (Fsp3) is 1.00. The van der Waals surface area contributed by atoms with Crippen molar-refractivity contribution in [2.45, 2.75) is 77.3 Å². The molecule has 0 amide bonds. The predicted molar refractivity (Wildman–Crippen MR) is 66.0 cm³/mol. The molecule has 0 bridgehead atoms. The zero-order chi connectivity index (χ0) is 10.7. The van der Waals surface area contributed by atoms with Gasteiger partial charge in [0, 0.05) is 12.1 Å². The van der Waals surface area contributed by atoms with Gasteiger partial charge in [-0.05, 0) is 43.9 Å². The lowest BCUT2D eigenvalue weighted by atomic mass is 9.82. The van der Waals surface area contributed by atoms with E-state index in [0.717, 1.165) is 23.9 Å². The van der Waals surface area contributed by atoms with Crippen molar-refractivity contribution in [3.05, 3.63) is 0 Å². The third-order valence-electron chi connectivity index (χ3n) is 4.25. The molecule has 0 radical (unpaired) electrons. The van der Waals surface area contributed by atoms with E-state index in [1.165, 1.54) is 51.4 Å². The standard InChI is InChI=1S/C14H27N/c1-11(2)10-13-9-8-12-6-4-3-5-7-14(12)15-13/h11-15H,3-10H2,1-2H3. The fourth-order valence-electron chi connectivity index (χ4n) is 3.51. The molecule has 15 heavy (non-hydrogen) atoms. The molecule has 1 saturated heterocycles. The van der Waals surface area contributed by atoms with Crippen LogP contribution in [0.5, 0.6) is 0 Å². The fourth-order valence-corrected chi connectivity index (χ4v) is 3.51. The molecule has 0 aromatic heterocycles. The number of fused-ring (bicyclic) bond motifs is 1. The van der Waals surface area contributed by atoms with Crippen LogP contribution in [-0.4, -0.2) is 12.1 Å². The Morgan fingerprint density at radius 3 is 2.60 bits per heavy atom. The van der Waals surface area contributed by atoms with Crippen molar-refractivity contribution in [3.8, 4) is 0 Å². The van der Waals surface area contributed by atoms with Crippen LogP contribution in [0.2, 0.25) is 0 Å². The molecule has 1 N–H and O–H groups in total. The summed E-state index contributed by atoms with van der Waals surface area (Å²) in [5.74, 6) is 1.86. The highest BCUT2D eigenvalue weighted by molar-refractivity contribution is 4.88. The molecule has 1 heteroatoms. The van der Waals surface area contributed by atoms with E-state index in [2.05, 4.69) is 19.2 Å². The summed E-state index contributed by atoms with van der Waals surface area (Å²) in [4.78, 5) is 0. The van der Waals surface area contributed by atoms with Gasteiger partial charge in [0.1, 0.15) is 0 Å². The van der Waals surface area contributed by atoms with Crippen molar-refractivity contribution in [2.75, 3.05) is 0 Å². The van der Waals surface area contributed by atoms with Crippen LogP contribution >= 0.6 is 0 Å². The first kappa shape index (κ1) is 11.4. The van der Waals surface area contributed by atoms with E-state index in [0.29, 0.717) is 0 Å². The molecule has 1 aliphatic heterocycles. The quantitative estimate of drug-likeness (QED) is 0.730. The highest BCUT2D eigenvalue weighted by Gasteiger charge is 2.30. The summed E-state index contributed by atoms with van der Waals surface area (Å²) in [6.07, 6.45) is 11.7. The molecule has 1 aliphatic carbocycles. The molecule has 3 unspecified atom stereocenters. The third kappa shape index (κ3) is 3.21. The van der Waals surface area contributed by atoms with Crippen molar-refractivity contribution in [3.63, 3.8) is 0 Å². The molecule has 3 atom stereocenters. The van der Waals surface area contributed by atoms with Gasteiger partial charge >= 0.3 is 0 Å². The van der Waals surface area contributed by atoms with Crippen LogP contribution in [0.1, 0.15) is 65.2 Å². The largest absolute Gasteiger partial charge is 0.311 e. The first-order chi connectivity index (χ1) is 7.25. The number of piperidine rings is 1. The molecule has 2 rings (SSSR count). The van der Waals surface area contributed by atoms with Crippen LogP contribution in [0.15, 0.2) is 0 Å². The molecular formula is C14H27N. The lowest BCUT2D eigenvalue weighted by Gasteiger charge is -2.37. The minimum absolute atomic E-state index is 0.823. The maximum absolute atomic E-state index is 3.93. The van der Waals surface area contributed by atoms with E-state index in [1.54, 1.807) is 0 Å². The van der Waals surface area contributed by atoms with Crippen LogP contribution in [0.3, 0.4) is 0 Å². The third-order valence-corrected chi connectivity index (χ3v) is 4.25. The maximum atomic E-state index is 3.93. The van der Waals surface area contributed by atoms with E-state index in [4.69, 9.17) is 0 Å². The number of nitrogens with one attached hydrogen (secondary N) is 1. The van der Waals surface area contributed by atoms with Crippen LogP contribution in [-0.2, 0) is 0 Å². The maximum Gasteiger partial charge on any atom is 0.00979 e. The van der Waals surface area contributed by atoms with Crippen LogP contribution < -0.4 is 5.32 Å². The Balaban J connectivity index is 1.86. The van der Waals surface area contributed by atoms with Gasteiger partial charge in [0.2, 0.25) is 0 Å². The summed E-state index contributed by atoms with van der Waals surface area (Å²) in [5, 5.41) is 3.93. The smallest absolute Gasteiger partial charge is 0.00979 e. The van der Waals surface area contributed by atoms with E-state index >= 15 is 0 Å². The minimum atomic E-state index is 0.823. The lowest BCUT2D eigenvalue weighted by Crippen LogP contribution is -2.47. The Kier molecular flexibility index (Phi) is 4.07. The van der Waals surface area contributed by atoms with Gasteiger partial charge in [-0.2, -0.15) is 0 Å². The van der Waals surface area contributed by atoms with Gasteiger partial charge in [0.25, 0.3) is 0 Å². The summed E-state index contributed by atoms with van der Waals surface area (Å²) >= 11 is 0. The summed E-state index contributed by atoms with van der Waals surface area (Å²) in [6.45, 7) is 4.70. The predicted octanol–water partition coefficient (Wildman–Crippen LogP) is 3.73. The molecule has 0 spiro atoms. The summed E-state index contributed by atoms with van der Waals surface area (Å²) in [5.41, 5.74) is 0. The number of hydrogen-bond acceptors (Lipinski definition) is 1. The Morgan fingerprint density at radius 1 is 1.00 bits per heavy atom. The number of hydrogen-bond donors (Lipinski definition) is 1. The van der Waals surface area contributed by atoms with Crippen LogP contribution in [0.4, 0.5) is 0 Å².